The van der Waals surface area contributed by atoms with Crippen LogP contribution in [0.15, 0.2) is 61.2 Å². The van der Waals surface area contributed by atoms with E-state index in [9.17, 15) is 9.59 Å². The van der Waals surface area contributed by atoms with Crippen LogP contribution in [0.4, 0.5) is 5.69 Å². The van der Waals surface area contributed by atoms with Crippen LogP contribution in [0, 0.1) is 11.3 Å². The Morgan fingerprint density at radius 3 is 2.59 bits per heavy atom. The summed E-state index contributed by atoms with van der Waals surface area (Å²) in [6.45, 7) is 1.46. The summed E-state index contributed by atoms with van der Waals surface area (Å²) in [6, 6.07) is 15.1. The van der Waals surface area contributed by atoms with Crippen LogP contribution < -0.4 is 5.32 Å². The summed E-state index contributed by atoms with van der Waals surface area (Å²) in [5.41, 5.74) is 1.73. The van der Waals surface area contributed by atoms with Gasteiger partial charge < -0.3 is 10.1 Å². The van der Waals surface area contributed by atoms with Crippen molar-refractivity contribution in [1.29, 1.82) is 5.26 Å². The van der Waals surface area contributed by atoms with Gasteiger partial charge in [-0.1, -0.05) is 12.1 Å². The predicted molar refractivity (Wildman–Crippen MR) is 96.0 cm³/mol. The van der Waals surface area contributed by atoms with Crippen LogP contribution in [0.1, 0.15) is 22.8 Å². The molecule has 0 unspecified atom stereocenters. The van der Waals surface area contributed by atoms with Gasteiger partial charge in [-0.05, 0) is 43.3 Å². The highest BCUT2D eigenvalue weighted by molar-refractivity contribution is 5.98. The number of ether oxygens (including phenoxy) is 1. The molecule has 0 aliphatic heterocycles. The van der Waals surface area contributed by atoms with E-state index in [0.29, 0.717) is 16.8 Å². The molecule has 0 aliphatic carbocycles. The quantitative estimate of drug-likeness (QED) is 0.698. The van der Waals surface area contributed by atoms with E-state index < -0.39 is 18.0 Å². The summed E-state index contributed by atoms with van der Waals surface area (Å²) in [6.07, 6.45) is 1.92. The number of anilines is 1. The van der Waals surface area contributed by atoms with Crippen LogP contribution in [0.2, 0.25) is 0 Å². The number of carbonyl (C=O) groups excluding carboxylic acids is 2. The molecule has 0 spiro atoms. The van der Waals surface area contributed by atoms with Crippen LogP contribution >= 0.6 is 0 Å². The first-order valence-electron chi connectivity index (χ1n) is 8.04. The van der Waals surface area contributed by atoms with Gasteiger partial charge in [0.05, 0.1) is 22.5 Å². The zero-order valence-electron chi connectivity index (χ0n) is 14.4. The third kappa shape index (κ3) is 4.16. The van der Waals surface area contributed by atoms with E-state index in [1.807, 2.05) is 6.07 Å². The van der Waals surface area contributed by atoms with E-state index in [4.69, 9.17) is 10.00 Å². The maximum absolute atomic E-state index is 12.2. The number of benzene rings is 2. The van der Waals surface area contributed by atoms with Crippen molar-refractivity contribution in [2.24, 2.45) is 0 Å². The Labute approximate surface area is 155 Å². The fourth-order valence-electron chi connectivity index (χ4n) is 2.30. The van der Waals surface area contributed by atoms with E-state index in [1.165, 1.54) is 13.3 Å². The molecule has 0 aliphatic rings. The third-order valence-electron chi connectivity index (χ3n) is 3.74. The minimum Gasteiger partial charge on any atom is -0.449 e. The lowest BCUT2D eigenvalue weighted by Gasteiger charge is -2.14. The molecular weight excluding hydrogens is 346 g/mol. The summed E-state index contributed by atoms with van der Waals surface area (Å²) in [7, 11) is 0. The predicted octanol–water partition coefficient (Wildman–Crippen LogP) is 2.32. The van der Waals surface area contributed by atoms with Crippen molar-refractivity contribution >= 4 is 17.6 Å². The molecule has 0 radical (unpaired) electrons. The van der Waals surface area contributed by atoms with E-state index in [2.05, 4.69) is 15.4 Å². The molecule has 1 aromatic heterocycles. The largest absolute Gasteiger partial charge is 0.449 e. The average molecular weight is 361 g/mol. The van der Waals surface area contributed by atoms with E-state index >= 15 is 0 Å². The normalized spacial score (nSPS) is 11.3. The zero-order chi connectivity index (χ0) is 19.2. The first-order valence-corrected chi connectivity index (χ1v) is 8.04. The number of nitrogens with zero attached hydrogens (tertiary/aromatic N) is 4. The number of nitrogens with one attached hydrogen (secondary N) is 1. The topological polar surface area (TPSA) is 110 Å². The molecule has 8 heteroatoms. The highest BCUT2D eigenvalue weighted by Gasteiger charge is 2.20. The van der Waals surface area contributed by atoms with Crippen molar-refractivity contribution in [2.75, 3.05) is 5.32 Å². The van der Waals surface area contributed by atoms with Gasteiger partial charge in [-0.3, -0.25) is 4.79 Å². The Morgan fingerprint density at radius 1 is 1.19 bits per heavy atom. The van der Waals surface area contributed by atoms with E-state index in [1.54, 1.807) is 59.5 Å². The van der Waals surface area contributed by atoms with Crippen LogP contribution in [0.5, 0.6) is 0 Å². The first-order chi connectivity index (χ1) is 13.1. The van der Waals surface area contributed by atoms with Crippen molar-refractivity contribution in [3.8, 4) is 11.8 Å². The molecule has 2 aromatic carbocycles. The van der Waals surface area contributed by atoms with E-state index in [-0.39, 0.29) is 0 Å². The fraction of sp³-hybridized carbons (Fsp3) is 0.105. The molecule has 27 heavy (non-hydrogen) atoms. The minimum absolute atomic E-state index is 0.302. The summed E-state index contributed by atoms with van der Waals surface area (Å²) < 4.78 is 6.76. The summed E-state index contributed by atoms with van der Waals surface area (Å²) in [5, 5.41) is 15.6. The molecule has 1 atom stereocenters. The molecule has 0 fully saturated rings. The van der Waals surface area contributed by atoms with Crippen LogP contribution in [-0.4, -0.2) is 32.7 Å². The Bertz CT molecular complexity index is 991. The van der Waals surface area contributed by atoms with Crippen LogP contribution in [0.3, 0.4) is 0 Å². The molecule has 0 saturated heterocycles. The van der Waals surface area contributed by atoms with Gasteiger partial charge >= 0.3 is 5.97 Å². The number of para-hydroxylation sites is 1. The molecule has 8 nitrogen and oxygen atoms in total. The van der Waals surface area contributed by atoms with Crippen molar-refractivity contribution < 1.29 is 14.3 Å². The standard InChI is InChI=1S/C19H15N5O3/c1-13(18(25)23-17-5-3-2-4-15(17)10-20)27-19(26)14-6-8-16(9-7-14)24-12-21-11-22-24/h2-9,11-13H,1H3,(H,23,25)/t13-/m0/s1. The fourth-order valence-corrected chi connectivity index (χ4v) is 2.30. The van der Waals surface area contributed by atoms with Gasteiger partial charge in [-0.25, -0.2) is 14.5 Å². The smallest absolute Gasteiger partial charge is 0.338 e. The van der Waals surface area contributed by atoms with Gasteiger partial charge in [0.1, 0.15) is 18.7 Å². The van der Waals surface area contributed by atoms with Gasteiger partial charge in [-0.2, -0.15) is 10.4 Å². The van der Waals surface area contributed by atoms with Crippen molar-refractivity contribution in [1.82, 2.24) is 14.8 Å². The molecule has 134 valence electrons. The number of aromatic nitrogens is 3. The van der Waals surface area contributed by atoms with Gasteiger partial charge in [0.25, 0.3) is 5.91 Å². The Hall–Kier alpha value is -3.99. The van der Waals surface area contributed by atoms with Crippen LogP contribution in [-0.2, 0) is 9.53 Å². The highest BCUT2D eigenvalue weighted by atomic mass is 16.5. The van der Waals surface area contributed by atoms with Crippen LogP contribution in [0.25, 0.3) is 5.69 Å². The number of esters is 1. The van der Waals surface area contributed by atoms with Gasteiger partial charge in [0.15, 0.2) is 6.10 Å². The molecule has 1 heterocycles. The van der Waals surface area contributed by atoms with Crippen molar-refractivity contribution in [3.63, 3.8) is 0 Å². The molecule has 0 saturated carbocycles. The lowest BCUT2D eigenvalue weighted by Crippen LogP contribution is -2.30. The number of nitriles is 1. The SMILES string of the molecule is C[C@H](OC(=O)c1ccc(-n2cncn2)cc1)C(=O)Nc1ccccc1C#N. The molecular formula is C19H15N5O3. The maximum Gasteiger partial charge on any atom is 0.338 e. The molecule has 3 rings (SSSR count). The highest BCUT2D eigenvalue weighted by Crippen LogP contribution is 2.15. The molecule has 1 N–H and O–H groups in total. The lowest BCUT2D eigenvalue weighted by atomic mass is 10.2. The summed E-state index contributed by atoms with van der Waals surface area (Å²) in [5.74, 6) is -1.15. The first kappa shape index (κ1) is 17.8. The maximum atomic E-state index is 12.2. The molecule has 0 bridgehead atoms. The van der Waals surface area contributed by atoms with Gasteiger partial charge in [0.2, 0.25) is 0 Å². The number of rotatable bonds is 5. The summed E-state index contributed by atoms with van der Waals surface area (Å²) in [4.78, 5) is 28.3. The molecule has 1 amide bonds. The Balaban J connectivity index is 1.63. The third-order valence-corrected chi connectivity index (χ3v) is 3.74. The van der Waals surface area contributed by atoms with Crippen molar-refractivity contribution in [3.05, 3.63) is 72.3 Å². The summed E-state index contributed by atoms with van der Waals surface area (Å²) >= 11 is 0. The van der Waals surface area contributed by atoms with Gasteiger partial charge in [0, 0.05) is 0 Å². The second-order valence-corrected chi connectivity index (χ2v) is 5.58. The lowest BCUT2D eigenvalue weighted by molar-refractivity contribution is -0.123. The Morgan fingerprint density at radius 2 is 1.93 bits per heavy atom. The zero-order valence-corrected chi connectivity index (χ0v) is 14.4. The monoisotopic (exact) mass is 361 g/mol. The van der Waals surface area contributed by atoms with E-state index in [0.717, 1.165) is 5.69 Å². The number of amides is 1. The number of hydrogen-bond acceptors (Lipinski definition) is 6. The average Bonchev–Trinajstić information content (AvgIpc) is 3.23. The minimum atomic E-state index is -1.03. The number of carbonyl (C=O) groups is 2. The van der Waals surface area contributed by atoms with Crippen molar-refractivity contribution in [2.45, 2.75) is 13.0 Å². The second kappa shape index (κ2) is 7.93. The van der Waals surface area contributed by atoms with Gasteiger partial charge in [-0.15, -0.1) is 0 Å². The molecule has 3 aromatic rings. The number of hydrogen-bond donors (Lipinski definition) is 1. The second-order valence-electron chi connectivity index (χ2n) is 5.58. The Kier molecular flexibility index (Phi) is 5.23.